The number of halogens is 1. The molecule has 0 saturated carbocycles. The van der Waals surface area contributed by atoms with Crippen LogP contribution < -0.4 is 14.4 Å². The standard InChI is InChI=1S/C39H63ClN2O3S/c1-7-9-10-11-12-13-14-15-16-17-19-33(18-8-2)42-36-22-20-32(40)28-38(36)46-39(42)35-29-34(44-6)21-23-37(35)45-31(5)24-25-41(26-27-43)30(3)4/h20-23,28-31,33,39,43H,7-19,24-27H2,1-6H3. The van der Waals surface area contributed by atoms with Gasteiger partial charge < -0.3 is 19.5 Å². The van der Waals surface area contributed by atoms with E-state index in [4.69, 9.17) is 21.1 Å². The minimum Gasteiger partial charge on any atom is -0.497 e. The van der Waals surface area contributed by atoms with Gasteiger partial charge in [0, 0.05) is 40.7 Å². The third kappa shape index (κ3) is 12.1. The highest BCUT2D eigenvalue weighted by atomic mass is 35.5. The van der Waals surface area contributed by atoms with Gasteiger partial charge in [0.05, 0.1) is 25.5 Å². The Bertz CT molecular complexity index is 1130. The van der Waals surface area contributed by atoms with Crippen LogP contribution in [-0.4, -0.2) is 55.0 Å². The number of aliphatic hydroxyl groups excluding tert-OH is 1. The Labute approximate surface area is 290 Å². The Balaban J connectivity index is 1.78. The fraction of sp³-hybridized carbons (Fsp3) is 0.692. The zero-order valence-electron chi connectivity index (χ0n) is 29.7. The average molecular weight is 675 g/mol. The molecular weight excluding hydrogens is 612 g/mol. The van der Waals surface area contributed by atoms with Crippen LogP contribution in [0.25, 0.3) is 0 Å². The lowest BCUT2D eigenvalue weighted by molar-refractivity contribution is 0.134. The second kappa shape index (κ2) is 21.4. The normalized spacial score (nSPS) is 15.9. The Hall–Kier alpha value is -1.60. The number of ether oxygens (including phenoxy) is 2. The van der Waals surface area contributed by atoms with E-state index in [0.29, 0.717) is 18.6 Å². The number of nitrogens with zero attached hydrogens (tertiary/aromatic N) is 2. The average Bonchev–Trinajstić information content (AvgIpc) is 3.41. The van der Waals surface area contributed by atoms with Crippen molar-refractivity contribution < 1.29 is 14.6 Å². The van der Waals surface area contributed by atoms with Crippen LogP contribution in [-0.2, 0) is 0 Å². The molecule has 0 radical (unpaired) electrons. The maximum Gasteiger partial charge on any atom is 0.126 e. The molecule has 3 rings (SSSR count). The number of benzene rings is 2. The quantitative estimate of drug-likeness (QED) is 0.112. The van der Waals surface area contributed by atoms with Crippen LogP contribution >= 0.6 is 23.4 Å². The summed E-state index contributed by atoms with van der Waals surface area (Å²) < 4.78 is 12.5. The van der Waals surface area contributed by atoms with E-state index in [-0.39, 0.29) is 18.1 Å². The Morgan fingerprint density at radius 3 is 2.17 bits per heavy atom. The fourth-order valence-corrected chi connectivity index (χ4v) is 8.33. The summed E-state index contributed by atoms with van der Waals surface area (Å²) in [6, 6.07) is 13.5. The highest BCUT2D eigenvalue weighted by Gasteiger charge is 2.37. The molecule has 5 nitrogen and oxygen atoms in total. The predicted molar refractivity (Wildman–Crippen MR) is 199 cm³/mol. The molecule has 0 saturated heterocycles. The van der Waals surface area contributed by atoms with Gasteiger partial charge in [0.25, 0.3) is 0 Å². The van der Waals surface area contributed by atoms with Crippen molar-refractivity contribution in [3.05, 3.63) is 47.0 Å². The number of hydrogen-bond donors (Lipinski definition) is 1. The van der Waals surface area contributed by atoms with Crippen molar-refractivity contribution in [3.63, 3.8) is 0 Å². The largest absolute Gasteiger partial charge is 0.497 e. The predicted octanol–water partition coefficient (Wildman–Crippen LogP) is 11.3. The van der Waals surface area contributed by atoms with E-state index in [0.717, 1.165) is 47.9 Å². The van der Waals surface area contributed by atoms with Gasteiger partial charge in [0.15, 0.2) is 0 Å². The van der Waals surface area contributed by atoms with Crippen molar-refractivity contribution in [3.8, 4) is 11.5 Å². The molecule has 0 bridgehead atoms. The Kier molecular flexibility index (Phi) is 18.1. The molecule has 1 heterocycles. The monoisotopic (exact) mass is 674 g/mol. The number of methoxy groups -OCH3 is 1. The van der Waals surface area contributed by atoms with Crippen LogP contribution in [0.15, 0.2) is 41.3 Å². The number of unbranched alkanes of at least 4 members (excludes halogenated alkanes) is 9. The van der Waals surface area contributed by atoms with Gasteiger partial charge in [-0.15, -0.1) is 0 Å². The molecule has 0 aromatic heterocycles. The van der Waals surface area contributed by atoms with Crippen molar-refractivity contribution >= 4 is 29.1 Å². The van der Waals surface area contributed by atoms with Gasteiger partial charge in [-0.3, -0.25) is 4.90 Å². The first-order valence-corrected chi connectivity index (χ1v) is 19.5. The first-order valence-electron chi connectivity index (χ1n) is 18.3. The van der Waals surface area contributed by atoms with E-state index < -0.39 is 0 Å². The summed E-state index contributed by atoms with van der Waals surface area (Å²) in [6.45, 7) is 12.9. The second-order valence-electron chi connectivity index (χ2n) is 13.4. The summed E-state index contributed by atoms with van der Waals surface area (Å²) in [4.78, 5) is 6.22. The van der Waals surface area contributed by atoms with Crippen LogP contribution in [0.4, 0.5) is 5.69 Å². The molecule has 1 aliphatic rings. The summed E-state index contributed by atoms with van der Waals surface area (Å²) in [5.41, 5.74) is 2.44. The molecule has 1 aliphatic heterocycles. The number of hydrogen-bond acceptors (Lipinski definition) is 6. The summed E-state index contributed by atoms with van der Waals surface area (Å²) >= 11 is 8.42. The molecule has 7 heteroatoms. The summed E-state index contributed by atoms with van der Waals surface area (Å²) in [6.07, 6.45) is 18.0. The maximum absolute atomic E-state index is 9.53. The highest BCUT2D eigenvalue weighted by Crippen LogP contribution is 2.56. The molecule has 0 amide bonds. The highest BCUT2D eigenvalue weighted by molar-refractivity contribution is 8.00. The number of aliphatic hydroxyl groups is 1. The lowest BCUT2D eigenvalue weighted by atomic mass is 9.99. The van der Waals surface area contributed by atoms with Crippen LogP contribution in [0.1, 0.15) is 135 Å². The third-order valence-electron chi connectivity index (χ3n) is 9.35. The topological polar surface area (TPSA) is 45.2 Å². The van der Waals surface area contributed by atoms with Gasteiger partial charge in [0.1, 0.15) is 16.9 Å². The number of rotatable bonds is 24. The molecule has 1 N–H and O–H groups in total. The Morgan fingerprint density at radius 1 is 0.848 bits per heavy atom. The van der Waals surface area contributed by atoms with Crippen molar-refractivity contribution in [2.45, 2.75) is 153 Å². The summed E-state index contributed by atoms with van der Waals surface area (Å²) in [5, 5.41) is 10.4. The van der Waals surface area contributed by atoms with E-state index in [1.54, 1.807) is 7.11 Å². The Morgan fingerprint density at radius 2 is 1.54 bits per heavy atom. The molecule has 0 aliphatic carbocycles. The van der Waals surface area contributed by atoms with E-state index in [1.807, 2.05) is 23.9 Å². The third-order valence-corrected chi connectivity index (χ3v) is 10.9. The maximum atomic E-state index is 9.53. The summed E-state index contributed by atoms with van der Waals surface area (Å²) in [7, 11) is 1.74. The second-order valence-corrected chi connectivity index (χ2v) is 14.9. The van der Waals surface area contributed by atoms with E-state index in [9.17, 15) is 5.11 Å². The lowest BCUT2D eigenvalue weighted by Crippen LogP contribution is -2.36. The molecular formula is C39H63ClN2O3S. The zero-order valence-corrected chi connectivity index (χ0v) is 31.3. The van der Waals surface area contributed by atoms with Crippen LogP contribution in [0.2, 0.25) is 5.02 Å². The van der Waals surface area contributed by atoms with Gasteiger partial charge >= 0.3 is 0 Å². The minimum atomic E-state index is 0.0295. The number of thioether (sulfide) groups is 1. The van der Waals surface area contributed by atoms with Gasteiger partial charge in [-0.2, -0.15) is 0 Å². The molecule has 2 aromatic carbocycles. The van der Waals surface area contributed by atoms with Crippen LogP contribution in [0.5, 0.6) is 11.5 Å². The molecule has 2 aromatic rings. The first kappa shape index (κ1) is 38.8. The van der Waals surface area contributed by atoms with Crippen molar-refractivity contribution in [2.24, 2.45) is 0 Å². The SMILES string of the molecule is CCCCCCCCCCCCC(CCC)N1c2ccc(Cl)cc2SC1c1cc(OC)ccc1OC(C)CCN(CCO)C(C)C. The van der Waals surface area contributed by atoms with Gasteiger partial charge in [-0.05, 0) is 76.4 Å². The van der Waals surface area contributed by atoms with Gasteiger partial charge in [0.2, 0.25) is 0 Å². The van der Waals surface area contributed by atoms with Crippen molar-refractivity contribution in [1.82, 2.24) is 4.90 Å². The zero-order chi connectivity index (χ0) is 33.3. The fourth-order valence-electron chi connectivity index (χ4n) is 6.66. The molecule has 3 unspecified atom stereocenters. The molecule has 0 fully saturated rings. The molecule has 46 heavy (non-hydrogen) atoms. The van der Waals surface area contributed by atoms with E-state index in [2.05, 4.69) is 68.7 Å². The first-order chi connectivity index (χ1) is 22.3. The van der Waals surface area contributed by atoms with Crippen molar-refractivity contribution in [2.75, 3.05) is 31.7 Å². The lowest BCUT2D eigenvalue weighted by Gasteiger charge is -2.36. The van der Waals surface area contributed by atoms with E-state index in [1.165, 1.54) is 81.2 Å². The van der Waals surface area contributed by atoms with E-state index >= 15 is 0 Å². The molecule has 0 spiro atoms. The van der Waals surface area contributed by atoms with Crippen LogP contribution in [0, 0.1) is 0 Å². The van der Waals surface area contributed by atoms with Crippen molar-refractivity contribution in [1.29, 1.82) is 0 Å². The number of anilines is 1. The molecule has 260 valence electrons. The minimum absolute atomic E-state index is 0.0295. The smallest absolute Gasteiger partial charge is 0.126 e. The molecule has 3 atom stereocenters. The van der Waals surface area contributed by atoms with Gasteiger partial charge in [-0.1, -0.05) is 108 Å². The van der Waals surface area contributed by atoms with Gasteiger partial charge in [-0.25, -0.2) is 0 Å². The van der Waals surface area contributed by atoms with Crippen LogP contribution in [0.3, 0.4) is 0 Å². The summed E-state index contributed by atoms with van der Waals surface area (Å²) in [5.74, 6) is 1.77. The number of fused-ring (bicyclic) bond motifs is 1.